The zero-order chi connectivity index (χ0) is 6.41. The first kappa shape index (κ1) is 7.23. The highest BCUT2D eigenvalue weighted by atomic mass is 35.5. The second kappa shape index (κ2) is 4.39. The van der Waals surface area contributed by atoms with E-state index in [0.717, 1.165) is 0 Å². The number of carbonyl (C=O) groups is 2. The van der Waals surface area contributed by atoms with Crippen molar-refractivity contribution >= 4 is 23.5 Å². The van der Waals surface area contributed by atoms with Gasteiger partial charge in [0.15, 0.2) is 0 Å². The summed E-state index contributed by atoms with van der Waals surface area (Å²) >= 11 is 4.66. The maximum atomic E-state index is 9.67. The van der Waals surface area contributed by atoms with Crippen LogP contribution in [0.25, 0.3) is 0 Å². The van der Waals surface area contributed by atoms with E-state index in [2.05, 4.69) is 21.1 Å². The molecule has 0 radical (unpaired) electrons. The van der Waals surface area contributed by atoms with Gasteiger partial charge in [0, 0.05) is 11.6 Å². The molecule has 0 atom stereocenters. The molecule has 0 aliphatic heterocycles. The van der Waals surface area contributed by atoms with Crippen LogP contribution in [0.15, 0.2) is 0 Å². The summed E-state index contributed by atoms with van der Waals surface area (Å²) in [5.41, 5.74) is -0.994. The molecule has 0 aliphatic carbocycles. The molecule has 46 valence electrons. The van der Waals surface area contributed by atoms with Crippen LogP contribution in [0.1, 0.15) is 0 Å². The van der Waals surface area contributed by atoms with E-state index in [1.165, 1.54) is 0 Å². The van der Waals surface area contributed by atoms with Crippen LogP contribution in [0.2, 0.25) is 0 Å². The Labute approximate surface area is 50.3 Å². The molecule has 0 fully saturated rings. The van der Waals surface area contributed by atoms with E-state index in [-0.39, 0.29) is 6.47 Å². The molecule has 0 heterocycles. The topological polar surface area (TPSA) is 52.6 Å². The number of halogens is 1. The quantitative estimate of drug-likeness (QED) is 0.247. The van der Waals surface area contributed by atoms with Crippen molar-refractivity contribution in [2.75, 3.05) is 6.79 Å². The molecule has 0 aromatic heterocycles. The molecule has 0 rings (SSSR count). The third-order valence-electron chi connectivity index (χ3n) is 0.308. The second-order valence-electron chi connectivity index (χ2n) is 0.763. The van der Waals surface area contributed by atoms with Crippen LogP contribution in [-0.4, -0.2) is 18.7 Å². The molecule has 0 saturated carbocycles. The lowest BCUT2D eigenvalue weighted by Gasteiger charge is -1.93. The minimum absolute atomic E-state index is 0.153. The van der Waals surface area contributed by atoms with Gasteiger partial charge in [0.25, 0.3) is 6.47 Å². The lowest BCUT2D eigenvalue weighted by atomic mass is 11.3. The SMILES string of the molecule is O=COCOC(=O)Cl. The monoisotopic (exact) mass is 138 g/mol. The summed E-state index contributed by atoms with van der Waals surface area (Å²) in [6.45, 7) is -0.272. The Morgan fingerprint density at radius 3 is 2.75 bits per heavy atom. The lowest BCUT2D eigenvalue weighted by Crippen LogP contribution is -1.99. The number of rotatable bonds is 3. The van der Waals surface area contributed by atoms with E-state index in [0.29, 0.717) is 0 Å². The summed E-state index contributed by atoms with van der Waals surface area (Å²) in [5, 5.41) is 0. The van der Waals surface area contributed by atoms with Gasteiger partial charge in [0.1, 0.15) is 0 Å². The summed E-state index contributed by atoms with van der Waals surface area (Å²) in [6, 6.07) is 0. The van der Waals surface area contributed by atoms with Crippen molar-refractivity contribution in [3.8, 4) is 0 Å². The van der Waals surface area contributed by atoms with Crippen LogP contribution in [0, 0.1) is 0 Å². The average Bonchev–Trinajstić information content (AvgIpc) is 1.66. The molecule has 0 aromatic rings. The molecular formula is C3H3ClO4. The van der Waals surface area contributed by atoms with E-state index in [9.17, 15) is 9.59 Å². The number of ether oxygens (including phenoxy) is 2. The molecule has 0 bridgehead atoms. The highest BCUT2D eigenvalue weighted by molar-refractivity contribution is 6.61. The van der Waals surface area contributed by atoms with Gasteiger partial charge in [-0.25, -0.2) is 4.79 Å². The fourth-order valence-corrected chi connectivity index (χ4v) is 0.153. The van der Waals surface area contributed by atoms with Crippen molar-refractivity contribution in [1.29, 1.82) is 0 Å². The van der Waals surface area contributed by atoms with Crippen molar-refractivity contribution < 1.29 is 19.1 Å². The molecule has 5 heteroatoms. The van der Waals surface area contributed by atoms with E-state index in [4.69, 9.17) is 0 Å². The summed E-state index contributed by atoms with van der Waals surface area (Å²) < 4.78 is 7.89. The lowest BCUT2D eigenvalue weighted by molar-refractivity contribution is -0.135. The minimum Gasteiger partial charge on any atom is -0.430 e. The van der Waals surface area contributed by atoms with E-state index in [1.807, 2.05) is 0 Å². The zero-order valence-corrected chi connectivity index (χ0v) is 4.55. The van der Waals surface area contributed by atoms with Gasteiger partial charge in [-0.3, -0.25) is 4.79 Å². The maximum absolute atomic E-state index is 9.67. The maximum Gasteiger partial charge on any atom is 0.406 e. The fourth-order valence-electron chi connectivity index (χ4n) is 0.108. The summed E-state index contributed by atoms with van der Waals surface area (Å²) in [4.78, 5) is 19.0. The van der Waals surface area contributed by atoms with Crippen LogP contribution < -0.4 is 0 Å². The Hall–Kier alpha value is -0.770. The van der Waals surface area contributed by atoms with E-state index >= 15 is 0 Å². The molecule has 0 amide bonds. The highest BCUT2D eigenvalue weighted by Gasteiger charge is 1.91. The molecule has 0 aromatic carbocycles. The van der Waals surface area contributed by atoms with Crippen LogP contribution in [0.5, 0.6) is 0 Å². The second-order valence-corrected chi connectivity index (χ2v) is 1.07. The van der Waals surface area contributed by atoms with Crippen LogP contribution in [0.3, 0.4) is 0 Å². The van der Waals surface area contributed by atoms with Crippen molar-refractivity contribution in [3.63, 3.8) is 0 Å². The van der Waals surface area contributed by atoms with Crippen LogP contribution in [-0.2, 0) is 14.3 Å². The van der Waals surface area contributed by atoms with Crippen LogP contribution in [0.4, 0.5) is 4.79 Å². The summed E-state index contributed by atoms with van der Waals surface area (Å²) in [6.07, 6.45) is 0. The average molecular weight is 139 g/mol. The molecular weight excluding hydrogens is 135 g/mol. The third kappa shape index (κ3) is 5.23. The number of hydrogen-bond donors (Lipinski definition) is 0. The Bertz CT molecular complexity index is 91.3. The van der Waals surface area contributed by atoms with E-state index < -0.39 is 12.2 Å². The van der Waals surface area contributed by atoms with Crippen molar-refractivity contribution in [2.24, 2.45) is 0 Å². The van der Waals surface area contributed by atoms with Gasteiger partial charge in [-0.2, -0.15) is 0 Å². The molecule has 0 N–H and O–H groups in total. The first-order valence-corrected chi connectivity index (χ1v) is 2.02. The summed E-state index contributed by atoms with van der Waals surface area (Å²) in [5.74, 6) is 0. The van der Waals surface area contributed by atoms with Gasteiger partial charge in [-0.1, -0.05) is 0 Å². The van der Waals surface area contributed by atoms with Gasteiger partial charge in [-0.15, -0.1) is 0 Å². The third-order valence-corrected chi connectivity index (χ3v) is 0.418. The Morgan fingerprint density at radius 2 is 2.38 bits per heavy atom. The highest BCUT2D eigenvalue weighted by Crippen LogP contribution is 1.84. The molecule has 4 nitrogen and oxygen atoms in total. The Balaban J connectivity index is 2.93. The van der Waals surface area contributed by atoms with Gasteiger partial charge < -0.3 is 9.47 Å². The predicted molar refractivity (Wildman–Crippen MR) is 24.3 cm³/mol. The van der Waals surface area contributed by atoms with Gasteiger partial charge in [-0.05, 0) is 0 Å². The molecule has 0 spiro atoms. The standard InChI is InChI=1S/C3H3ClO4/c4-3(6)8-2-7-1-5/h1H,2H2. The normalized spacial score (nSPS) is 7.62. The Kier molecular flexibility index (Phi) is 3.97. The zero-order valence-electron chi connectivity index (χ0n) is 3.80. The Morgan fingerprint density at radius 1 is 1.75 bits per heavy atom. The first-order chi connectivity index (χ1) is 3.77. The van der Waals surface area contributed by atoms with Gasteiger partial charge in [0.05, 0.1) is 0 Å². The number of carbonyl (C=O) groups excluding carboxylic acids is 2. The van der Waals surface area contributed by atoms with Gasteiger partial charge >= 0.3 is 5.43 Å². The molecule has 8 heavy (non-hydrogen) atoms. The van der Waals surface area contributed by atoms with Crippen molar-refractivity contribution in [3.05, 3.63) is 0 Å². The first-order valence-electron chi connectivity index (χ1n) is 1.65. The largest absolute Gasteiger partial charge is 0.430 e. The fraction of sp³-hybridized carbons (Fsp3) is 0.333. The molecule has 0 saturated heterocycles. The molecule has 0 aliphatic rings. The van der Waals surface area contributed by atoms with E-state index in [1.54, 1.807) is 0 Å². The smallest absolute Gasteiger partial charge is 0.406 e. The minimum atomic E-state index is -0.994. The van der Waals surface area contributed by atoms with Gasteiger partial charge in [0.2, 0.25) is 6.79 Å². The number of hydrogen-bond acceptors (Lipinski definition) is 4. The summed E-state index contributed by atoms with van der Waals surface area (Å²) in [7, 11) is 0. The predicted octanol–water partition coefficient (Wildman–Crippen LogP) is 0.492. The van der Waals surface area contributed by atoms with Crippen molar-refractivity contribution in [1.82, 2.24) is 0 Å². The molecule has 0 unspecified atom stereocenters. The van der Waals surface area contributed by atoms with Crippen LogP contribution >= 0.6 is 11.6 Å². The van der Waals surface area contributed by atoms with Crippen molar-refractivity contribution in [2.45, 2.75) is 0 Å².